The summed E-state index contributed by atoms with van der Waals surface area (Å²) < 4.78 is 5.69. The molecule has 14 N–H and O–H groups in total. The van der Waals surface area contributed by atoms with E-state index in [-0.39, 0.29) is 44.3 Å². The molecular formula is C29H43N11O7S. The molecule has 0 aliphatic carbocycles. The highest BCUT2D eigenvalue weighted by Crippen LogP contribution is 2.26. The number of rotatable bonds is 20. The molecule has 0 aromatic heterocycles. The average molecular weight is 690 g/mol. The second kappa shape index (κ2) is 20.0. The quantitative estimate of drug-likeness (QED) is 0.0328. The van der Waals surface area contributed by atoms with Crippen molar-refractivity contribution in [1.82, 2.24) is 31.9 Å². The molecule has 0 spiro atoms. The van der Waals surface area contributed by atoms with Crippen molar-refractivity contribution in [3.05, 3.63) is 34.7 Å². The van der Waals surface area contributed by atoms with Crippen LogP contribution in [-0.2, 0) is 24.0 Å². The van der Waals surface area contributed by atoms with Crippen molar-refractivity contribution in [2.24, 2.45) is 17.2 Å². The number of thioether (sulfide) groups is 1. The maximum absolute atomic E-state index is 13.1. The molecule has 262 valence electrons. The molecular weight excluding hydrogens is 646 g/mol. The van der Waals surface area contributed by atoms with Gasteiger partial charge in [0, 0.05) is 19.5 Å². The number of carbonyl (C=O) groups is 6. The van der Waals surface area contributed by atoms with Crippen LogP contribution in [0.25, 0.3) is 6.08 Å². The van der Waals surface area contributed by atoms with Gasteiger partial charge in [-0.25, -0.2) is 0 Å². The molecule has 0 bridgehead atoms. The highest BCUT2D eigenvalue weighted by atomic mass is 32.2. The van der Waals surface area contributed by atoms with E-state index in [2.05, 4.69) is 31.9 Å². The molecule has 0 radical (unpaired) electrons. The number of guanidine groups is 2. The molecule has 48 heavy (non-hydrogen) atoms. The Balaban J connectivity index is 1.87. The summed E-state index contributed by atoms with van der Waals surface area (Å²) in [6.07, 6.45) is 3.06. The van der Waals surface area contributed by atoms with Crippen molar-refractivity contribution in [2.75, 3.05) is 19.7 Å². The van der Waals surface area contributed by atoms with Crippen LogP contribution < -0.4 is 53.8 Å². The van der Waals surface area contributed by atoms with E-state index in [0.717, 1.165) is 11.8 Å². The van der Waals surface area contributed by atoms with Crippen molar-refractivity contribution >= 4 is 64.5 Å². The van der Waals surface area contributed by atoms with Gasteiger partial charge in [-0.15, -0.1) is 0 Å². The second-order valence-electron chi connectivity index (χ2n) is 10.7. The van der Waals surface area contributed by atoms with Crippen LogP contribution in [0.2, 0.25) is 0 Å². The molecule has 18 nitrogen and oxygen atoms in total. The third-order valence-electron chi connectivity index (χ3n) is 6.67. The normalized spacial score (nSPS) is 15.0. The fourth-order valence-corrected chi connectivity index (χ4v) is 4.89. The highest BCUT2D eigenvalue weighted by Gasteiger charge is 2.27. The summed E-state index contributed by atoms with van der Waals surface area (Å²) in [5, 5.41) is 29.2. The number of hydrogen-bond acceptors (Lipinski definition) is 10. The van der Waals surface area contributed by atoms with Crippen molar-refractivity contribution in [1.29, 1.82) is 10.8 Å². The van der Waals surface area contributed by atoms with Crippen LogP contribution in [-0.4, -0.2) is 84.5 Å². The second-order valence-corrected chi connectivity index (χ2v) is 11.7. The summed E-state index contributed by atoms with van der Waals surface area (Å²) >= 11 is 0.822. The van der Waals surface area contributed by atoms with Gasteiger partial charge in [-0.1, -0.05) is 12.1 Å². The Hall–Kier alpha value is -5.33. The van der Waals surface area contributed by atoms with E-state index in [4.69, 9.17) is 32.8 Å². The Bertz CT molecular complexity index is 1390. The van der Waals surface area contributed by atoms with Crippen molar-refractivity contribution in [2.45, 2.75) is 63.6 Å². The predicted molar refractivity (Wildman–Crippen MR) is 179 cm³/mol. The summed E-state index contributed by atoms with van der Waals surface area (Å²) in [6, 6.07) is 3.73. The molecule has 3 atom stereocenters. The number of nitrogens with one attached hydrogen (secondary N) is 8. The zero-order valence-corrected chi connectivity index (χ0v) is 27.3. The van der Waals surface area contributed by atoms with Crippen molar-refractivity contribution in [3.8, 4) is 5.75 Å². The predicted octanol–water partition coefficient (Wildman–Crippen LogP) is -1.34. The van der Waals surface area contributed by atoms with Gasteiger partial charge < -0.3 is 48.5 Å². The molecule has 0 unspecified atom stereocenters. The lowest BCUT2D eigenvalue weighted by molar-refractivity contribution is -0.133. The van der Waals surface area contributed by atoms with E-state index in [9.17, 15) is 28.8 Å². The van der Waals surface area contributed by atoms with E-state index < -0.39 is 52.9 Å². The number of ether oxygens (including phenoxy) is 1. The Morgan fingerprint density at radius 2 is 1.48 bits per heavy atom. The molecule has 1 aromatic carbocycles. The minimum Gasteiger partial charge on any atom is -0.494 e. The molecule has 19 heteroatoms. The molecule has 1 saturated heterocycles. The van der Waals surface area contributed by atoms with Gasteiger partial charge in [-0.3, -0.25) is 44.9 Å². The van der Waals surface area contributed by atoms with E-state index in [1.54, 1.807) is 30.3 Å². The molecule has 1 fully saturated rings. The largest absolute Gasteiger partial charge is 0.494 e. The summed E-state index contributed by atoms with van der Waals surface area (Å²) in [7, 11) is 0. The van der Waals surface area contributed by atoms with Gasteiger partial charge in [-0.05, 0) is 74.6 Å². The number of nitrogens with two attached hydrogens (primary N) is 3. The molecule has 6 amide bonds. The van der Waals surface area contributed by atoms with Gasteiger partial charge in [-0.2, -0.15) is 0 Å². The van der Waals surface area contributed by atoms with E-state index in [0.29, 0.717) is 42.0 Å². The van der Waals surface area contributed by atoms with Gasteiger partial charge in [0.1, 0.15) is 23.9 Å². The minimum atomic E-state index is -1.07. The van der Waals surface area contributed by atoms with Crippen LogP contribution in [0.5, 0.6) is 5.75 Å². The van der Waals surface area contributed by atoms with Gasteiger partial charge in [0.25, 0.3) is 11.1 Å². The molecule has 1 aromatic rings. The fraction of sp³-hybridized carbons (Fsp3) is 0.448. The van der Waals surface area contributed by atoms with Gasteiger partial charge in [0.15, 0.2) is 11.9 Å². The first-order chi connectivity index (χ1) is 22.7. The maximum Gasteiger partial charge on any atom is 0.290 e. The Labute approximate surface area is 281 Å². The Kier molecular flexibility index (Phi) is 16.2. The van der Waals surface area contributed by atoms with Gasteiger partial charge in [0.2, 0.25) is 23.6 Å². The standard InChI is InChI=1S/C29H43N11O7S/c1-16(24(43)39-19(23(30)42)5-2-12-35-27(31)32)37-25(44)20(6-3-13-36-28(33)34)38-22(41)7-4-14-47-18-10-8-17(9-11-18)15-21-26(45)40-29(46)48-21/h8-11,15-16,19-20H,2-7,12-14H2,1H3,(H2,30,42)(H,37,44)(H,38,41)(H,39,43)(H4,31,32,35)(H4,33,34,36)(H,40,45,46)/b21-15-/t16-,19-,20-/m0/s1. The number of amides is 6. The van der Waals surface area contributed by atoms with E-state index >= 15 is 0 Å². The minimum absolute atomic E-state index is 0.0365. The van der Waals surface area contributed by atoms with Gasteiger partial charge >= 0.3 is 0 Å². The first kappa shape index (κ1) is 38.9. The van der Waals surface area contributed by atoms with Crippen LogP contribution in [0.15, 0.2) is 29.2 Å². The molecule has 2 rings (SSSR count). The lowest BCUT2D eigenvalue weighted by Crippen LogP contribution is -2.55. The Morgan fingerprint density at radius 3 is 2.02 bits per heavy atom. The van der Waals surface area contributed by atoms with E-state index in [1.807, 2.05) is 0 Å². The number of hydrogen-bond donors (Lipinski definition) is 11. The van der Waals surface area contributed by atoms with Crippen LogP contribution in [0.3, 0.4) is 0 Å². The summed E-state index contributed by atoms with van der Waals surface area (Å²) in [5.74, 6) is -2.86. The van der Waals surface area contributed by atoms with Crippen LogP contribution >= 0.6 is 11.8 Å². The Morgan fingerprint density at radius 1 is 0.875 bits per heavy atom. The number of benzene rings is 1. The number of primary amides is 1. The molecule has 1 aliphatic rings. The third-order valence-corrected chi connectivity index (χ3v) is 7.48. The highest BCUT2D eigenvalue weighted by molar-refractivity contribution is 8.18. The zero-order chi connectivity index (χ0) is 35.6. The first-order valence-corrected chi connectivity index (χ1v) is 15.9. The molecule has 0 saturated carbocycles. The first-order valence-electron chi connectivity index (χ1n) is 15.1. The fourth-order valence-electron chi connectivity index (χ4n) is 4.21. The van der Waals surface area contributed by atoms with E-state index in [1.165, 1.54) is 6.92 Å². The SMILES string of the molecule is C[C@H](NC(=O)[C@H](CCCNC(=N)N)NC(=O)CCCOc1ccc(/C=C2\SC(=O)NC2=O)cc1)C(=O)N[C@@H](CCCNC(=N)N)C(N)=O. The zero-order valence-electron chi connectivity index (χ0n) is 26.5. The topological polar surface area (TPSA) is 310 Å². The smallest absolute Gasteiger partial charge is 0.290 e. The van der Waals surface area contributed by atoms with Crippen LogP contribution in [0, 0.1) is 10.8 Å². The monoisotopic (exact) mass is 689 g/mol. The summed E-state index contributed by atoms with van der Waals surface area (Å²) in [5.41, 5.74) is 16.6. The summed E-state index contributed by atoms with van der Waals surface area (Å²) in [4.78, 5) is 73.7. The summed E-state index contributed by atoms with van der Waals surface area (Å²) in [6.45, 7) is 2.19. The number of carbonyl (C=O) groups excluding carboxylic acids is 6. The number of imide groups is 1. The lowest BCUT2D eigenvalue weighted by Gasteiger charge is -2.23. The average Bonchev–Trinajstić information content (AvgIpc) is 3.34. The third kappa shape index (κ3) is 14.8. The maximum atomic E-state index is 13.1. The molecule has 1 heterocycles. The van der Waals surface area contributed by atoms with Crippen molar-refractivity contribution in [3.63, 3.8) is 0 Å². The van der Waals surface area contributed by atoms with Crippen LogP contribution in [0.1, 0.15) is 51.0 Å². The van der Waals surface area contributed by atoms with Crippen LogP contribution in [0.4, 0.5) is 4.79 Å². The lowest BCUT2D eigenvalue weighted by atomic mass is 10.1. The van der Waals surface area contributed by atoms with Crippen molar-refractivity contribution < 1.29 is 33.5 Å². The van der Waals surface area contributed by atoms with Gasteiger partial charge in [0.05, 0.1) is 11.5 Å². The molecule has 1 aliphatic heterocycles.